The molecule has 2 fully saturated rings. The molecule has 2 aromatic heterocycles. The van der Waals surface area contributed by atoms with Crippen LogP contribution in [0.1, 0.15) is 25.8 Å². The summed E-state index contributed by atoms with van der Waals surface area (Å²) < 4.78 is 7.41. The lowest BCUT2D eigenvalue weighted by atomic mass is 10.2. The van der Waals surface area contributed by atoms with Crippen LogP contribution in [0.2, 0.25) is 0 Å². The molecule has 0 atom stereocenters. The number of thiocarbonyl (C=S) groups is 1. The third-order valence-corrected chi connectivity index (χ3v) is 7.27. The summed E-state index contributed by atoms with van der Waals surface area (Å²) in [5.41, 5.74) is 0.838. The Kier molecular flexibility index (Phi) is 7.79. The van der Waals surface area contributed by atoms with Crippen LogP contribution in [-0.4, -0.2) is 81.9 Å². The first kappa shape index (κ1) is 23.9. The van der Waals surface area contributed by atoms with Crippen LogP contribution >= 0.6 is 24.0 Å². The van der Waals surface area contributed by atoms with E-state index < -0.39 is 0 Å². The number of likely N-dealkylation sites (N-methyl/N-ethyl adjacent to an activating group) is 1. The smallest absolute Gasteiger partial charge is 0.267 e. The fourth-order valence-electron chi connectivity index (χ4n) is 4.03. The number of hydrogen-bond donors (Lipinski definition) is 0. The normalized spacial score (nSPS) is 18.8. The number of piperazine rings is 1. The largest absolute Gasteiger partial charge is 0.382 e. The topological polar surface area (TPSA) is 70.4 Å². The molecule has 2 aliphatic rings. The summed E-state index contributed by atoms with van der Waals surface area (Å²) in [6.07, 6.45) is 4.10. The first-order chi connectivity index (χ1) is 16.0. The van der Waals surface area contributed by atoms with Crippen molar-refractivity contribution < 1.29 is 9.53 Å². The summed E-state index contributed by atoms with van der Waals surface area (Å²) in [6.45, 7) is 10.2. The Morgan fingerprint density at radius 2 is 1.97 bits per heavy atom. The minimum absolute atomic E-state index is 0.166. The summed E-state index contributed by atoms with van der Waals surface area (Å²) in [7, 11) is 0. The summed E-state index contributed by atoms with van der Waals surface area (Å²) >= 11 is 6.69. The van der Waals surface area contributed by atoms with Crippen molar-refractivity contribution in [2.45, 2.75) is 20.3 Å². The molecule has 176 valence electrons. The van der Waals surface area contributed by atoms with Crippen LogP contribution in [0.25, 0.3) is 11.7 Å². The quantitative estimate of drug-likeness (QED) is 0.320. The predicted octanol–water partition coefficient (Wildman–Crippen LogP) is 2.46. The van der Waals surface area contributed by atoms with Gasteiger partial charge in [-0.25, -0.2) is 4.98 Å². The van der Waals surface area contributed by atoms with Gasteiger partial charge in [-0.05, 0) is 38.1 Å². The Hall–Kier alpha value is -2.27. The number of carbonyl (C=O) groups is 1. The van der Waals surface area contributed by atoms with E-state index in [2.05, 4.69) is 16.7 Å². The molecule has 2 aliphatic heterocycles. The zero-order valence-corrected chi connectivity index (χ0v) is 20.7. The average Bonchev–Trinajstić information content (AvgIpc) is 3.10. The molecule has 0 N–H and O–H groups in total. The van der Waals surface area contributed by atoms with Gasteiger partial charge in [0.2, 0.25) is 0 Å². The van der Waals surface area contributed by atoms with Crippen molar-refractivity contribution in [1.29, 1.82) is 0 Å². The summed E-state index contributed by atoms with van der Waals surface area (Å²) in [5.74, 6) is 0.462. The van der Waals surface area contributed by atoms with Crippen molar-refractivity contribution in [3.05, 3.63) is 45.2 Å². The first-order valence-electron chi connectivity index (χ1n) is 11.3. The van der Waals surface area contributed by atoms with E-state index in [9.17, 15) is 9.59 Å². The van der Waals surface area contributed by atoms with Gasteiger partial charge in [-0.3, -0.25) is 18.9 Å². The van der Waals surface area contributed by atoms with Gasteiger partial charge in [-0.15, -0.1) is 0 Å². The Balaban J connectivity index is 1.68. The fourth-order valence-corrected chi connectivity index (χ4v) is 5.32. The number of rotatable bonds is 8. The van der Waals surface area contributed by atoms with E-state index in [0.29, 0.717) is 52.4 Å². The number of anilines is 1. The highest BCUT2D eigenvalue weighted by Crippen LogP contribution is 2.33. The van der Waals surface area contributed by atoms with E-state index in [1.807, 2.05) is 19.1 Å². The number of aromatic nitrogens is 2. The molecule has 4 rings (SSSR count). The van der Waals surface area contributed by atoms with Crippen molar-refractivity contribution in [1.82, 2.24) is 19.2 Å². The molecule has 0 aliphatic carbocycles. The highest BCUT2D eigenvalue weighted by molar-refractivity contribution is 8.26. The number of amides is 1. The minimum Gasteiger partial charge on any atom is -0.382 e. The third kappa shape index (κ3) is 5.13. The molecule has 0 aromatic carbocycles. The molecule has 1 amide bonds. The van der Waals surface area contributed by atoms with E-state index in [1.54, 1.807) is 23.2 Å². The fraction of sp³-hybridized carbons (Fsp3) is 0.478. The molecule has 0 radical (unpaired) electrons. The molecule has 0 bridgehead atoms. The predicted molar refractivity (Wildman–Crippen MR) is 137 cm³/mol. The maximum atomic E-state index is 13.5. The van der Waals surface area contributed by atoms with Gasteiger partial charge < -0.3 is 14.5 Å². The van der Waals surface area contributed by atoms with Crippen molar-refractivity contribution >= 4 is 51.7 Å². The number of ether oxygens (including phenoxy) is 1. The molecule has 0 saturated carbocycles. The Morgan fingerprint density at radius 3 is 2.70 bits per heavy atom. The van der Waals surface area contributed by atoms with Gasteiger partial charge >= 0.3 is 0 Å². The van der Waals surface area contributed by atoms with Gasteiger partial charge in [-0.2, -0.15) is 0 Å². The molecule has 2 saturated heterocycles. The zero-order valence-electron chi connectivity index (χ0n) is 19.0. The van der Waals surface area contributed by atoms with Crippen LogP contribution in [0.15, 0.2) is 34.1 Å². The van der Waals surface area contributed by atoms with E-state index >= 15 is 0 Å². The highest BCUT2D eigenvalue weighted by atomic mass is 32.2. The SMILES string of the molecule is CCOCCCN1C(=O)/C(=C/c2c(N3CCN(CC)CC3)nc3ccccn3c2=O)SC1=S. The zero-order chi connectivity index (χ0) is 23.4. The third-order valence-electron chi connectivity index (χ3n) is 5.89. The van der Waals surface area contributed by atoms with Gasteiger partial charge in [0.15, 0.2) is 0 Å². The lowest BCUT2D eigenvalue weighted by molar-refractivity contribution is -0.122. The number of carbonyl (C=O) groups excluding carboxylic acids is 1. The second kappa shape index (κ2) is 10.8. The van der Waals surface area contributed by atoms with Gasteiger partial charge in [0.25, 0.3) is 11.5 Å². The maximum absolute atomic E-state index is 13.5. The molecule has 4 heterocycles. The van der Waals surface area contributed by atoms with Crippen LogP contribution in [0, 0.1) is 0 Å². The molecule has 33 heavy (non-hydrogen) atoms. The number of fused-ring (bicyclic) bond motifs is 1. The number of pyridine rings is 1. The lowest BCUT2D eigenvalue weighted by Gasteiger charge is -2.35. The van der Waals surface area contributed by atoms with E-state index in [-0.39, 0.29) is 11.5 Å². The summed E-state index contributed by atoms with van der Waals surface area (Å²) in [5, 5.41) is 0. The van der Waals surface area contributed by atoms with Crippen LogP contribution in [-0.2, 0) is 9.53 Å². The molecule has 10 heteroatoms. The number of thioether (sulfide) groups is 1. The van der Waals surface area contributed by atoms with Crippen LogP contribution in [0.4, 0.5) is 5.82 Å². The monoisotopic (exact) mass is 487 g/mol. The second-order valence-corrected chi connectivity index (χ2v) is 9.56. The van der Waals surface area contributed by atoms with Crippen LogP contribution in [0.5, 0.6) is 0 Å². The highest BCUT2D eigenvalue weighted by Gasteiger charge is 2.32. The lowest BCUT2D eigenvalue weighted by Crippen LogP contribution is -2.47. The van der Waals surface area contributed by atoms with E-state index in [4.69, 9.17) is 21.9 Å². The Morgan fingerprint density at radius 1 is 1.18 bits per heavy atom. The molecular formula is C23H29N5O3S2. The van der Waals surface area contributed by atoms with Crippen molar-refractivity contribution in [3.63, 3.8) is 0 Å². The van der Waals surface area contributed by atoms with Crippen molar-refractivity contribution in [2.24, 2.45) is 0 Å². The van der Waals surface area contributed by atoms with Crippen molar-refractivity contribution in [3.8, 4) is 0 Å². The maximum Gasteiger partial charge on any atom is 0.267 e. The Bertz CT molecular complexity index is 1120. The Labute approximate surface area is 203 Å². The summed E-state index contributed by atoms with van der Waals surface area (Å²) in [4.78, 5) is 38.0. The molecule has 2 aromatic rings. The van der Waals surface area contributed by atoms with Crippen LogP contribution < -0.4 is 10.5 Å². The number of hydrogen-bond acceptors (Lipinski definition) is 8. The average molecular weight is 488 g/mol. The molecule has 0 unspecified atom stereocenters. The second-order valence-electron chi connectivity index (χ2n) is 7.89. The summed E-state index contributed by atoms with van der Waals surface area (Å²) in [6, 6.07) is 5.50. The first-order valence-corrected chi connectivity index (χ1v) is 12.6. The standard InChI is InChI=1S/C23H29N5O3S2/c1-3-25-11-13-26(14-12-25)20-17(21(29)27-9-6-5-8-19(27)24-20)16-18-22(30)28(23(32)33-18)10-7-15-31-4-2/h5-6,8-9,16H,3-4,7,10-15H2,1-2H3/b18-16-. The number of nitrogens with zero attached hydrogens (tertiary/aromatic N) is 5. The molecular weight excluding hydrogens is 458 g/mol. The minimum atomic E-state index is -0.185. The van der Waals surface area contributed by atoms with Gasteiger partial charge in [0.05, 0.1) is 10.5 Å². The van der Waals surface area contributed by atoms with E-state index in [0.717, 1.165) is 32.7 Å². The molecule has 8 nitrogen and oxygen atoms in total. The van der Waals surface area contributed by atoms with E-state index in [1.165, 1.54) is 16.2 Å². The van der Waals surface area contributed by atoms with Gasteiger partial charge in [0, 0.05) is 52.1 Å². The molecule has 0 spiro atoms. The van der Waals surface area contributed by atoms with Gasteiger partial charge in [0.1, 0.15) is 15.8 Å². The van der Waals surface area contributed by atoms with Crippen molar-refractivity contribution in [2.75, 3.05) is 57.4 Å². The van der Waals surface area contributed by atoms with Gasteiger partial charge in [-0.1, -0.05) is 37.0 Å². The van der Waals surface area contributed by atoms with Crippen LogP contribution in [0.3, 0.4) is 0 Å².